The minimum atomic E-state index is -0.757. The Balaban J connectivity index is 1.81. The predicted molar refractivity (Wildman–Crippen MR) is 134 cm³/mol. The third-order valence-electron chi connectivity index (χ3n) is 6.23. The van der Waals surface area contributed by atoms with Gasteiger partial charge in [-0.05, 0) is 62.4 Å². The molecular formula is C27H30N4O5. The van der Waals surface area contributed by atoms with Crippen molar-refractivity contribution in [1.29, 1.82) is 0 Å². The lowest BCUT2D eigenvalue weighted by molar-refractivity contribution is -0.149. The number of carbonyl (C=O) groups is 2. The fourth-order valence-corrected chi connectivity index (χ4v) is 4.56. The van der Waals surface area contributed by atoms with Crippen LogP contribution < -0.4 is 11.2 Å². The van der Waals surface area contributed by atoms with E-state index >= 15 is 0 Å². The second-order valence-electron chi connectivity index (χ2n) is 9.11. The molecule has 0 bridgehead atoms. The summed E-state index contributed by atoms with van der Waals surface area (Å²) >= 11 is 0. The van der Waals surface area contributed by atoms with E-state index < -0.39 is 23.1 Å². The summed E-state index contributed by atoms with van der Waals surface area (Å²) in [5.74, 6) is -1.42. The van der Waals surface area contributed by atoms with E-state index in [9.17, 15) is 19.2 Å². The molecule has 36 heavy (non-hydrogen) atoms. The minimum absolute atomic E-state index is 0.00243. The van der Waals surface area contributed by atoms with E-state index in [4.69, 9.17) is 4.74 Å². The molecule has 0 aliphatic carbocycles. The van der Waals surface area contributed by atoms with Gasteiger partial charge in [0, 0.05) is 13.1 Å². The largest absolute Gasteiger partial charge is 0.466 e. The monoisotopic (exact) mass is 490 g/mol. The number of piperidine rings is 1. The number of carbonyl (C=O) groups excluding carboxylic acids is 2. The molecule has 188 valence electrons. The van der Waals surface area contributed by atoms with Crippen LogP contribution in [-0.2, 0) is 16.1 Å². The Kier molecular flexibility index (Phi) is 7.47. The highest BCUT2D eigenvalue weighted by molar-refractivity contribution is 5.92. The Labute approximate surface area is 208 Å². The van der Waals surface area contributed by atoms with Crippen molar-refractivity contribution in [3.63, 3.8) is 0 Å². The predicted octanol–water partition coefficient (Wildman–Crippen LogP) is 2.47. The van der Waals surface area contributed by atoms with Gasteiger partial charge in [0.1, 0.15) is 0 Å². The number of amides is 1. The second-order valence-corrected chi connectivity index (χ2v) is 9.11. The topological polar surface area (TPSA) is 104 Å². The zero-order valence-corrected chi connectivity index (χ0v) is 20.8. The number of hydrogen-bond acceptors (Lipinski definition) is 6. The average Bonchev–Trinajstić information content (AvgIpc) is 2.86. The Morgan fingerprint density at radius 3 is 2.42 bits per heavy atom. The van der Waals surface area contributed by atoms with E-state index in [1.54, 1.807) is 19.1 Å². The molecule has 1 saturated heterocycles. The molecule has 9 heteroatoms. The maximum Gasteiger partial charge on any atom is 0.352 e. The average molecular weight is 491 g/mol. The number of aromatic nitrogens is 3. The number of aryl methyl sites for hydroxylation is 2. The van der Waals surface area contributed by atoms with Crippen LogP contribution >= 0.6 is 0 Å². The van der Waals surface area contributed by atoms with Gasteiger partial charge in [-0.2, -0.15) is 9.78 Å². The number of nitrogens with zero attached hydrogens (tertiary/aromatic N) is 4. The zero-order valence-electron chi connectivity index (χ0n) is 20.8. The Morgan fingerprint density at radius 2 is 1.75 bits per heavy atom. The van der Waals surface area contributed by atoms with Gasteiger partial charge in [-0.1, -0.05) is 36.4 Å². The highest BCUT2D eigenvalue weighted by Crippen LogP contribution is 2.19. The number of hydrogen-bond donors (Lipinski definition) is 0. The van der Waals surface area contributed by atoms with Crippen LogP contribution in [-0.4, -0.2) is 50.8 Å². The van der Waals surface area contributed by atoms with Crippen molar-refractivity contribution >= 4 is 11.9 Å². The molecular weight excluding hydrogens is 460 g/mol. The number of esters is 1. The van der Waals surface area contributed by atoms with Crippen molar-refractivity contribution in [2.45, 2.75) is 40.2 Å². The van der Waals surface area contributed by atoms with E-state index in [2.05, 4.69) is 5.10 Å². The van der Waals surface area contributed by atoms with Crippen molar-refractivity contribution in [1.82, 2.24) is 19.2 Å². The molecule has 1 amide bonds. The number of rotatable bonds is 6. The summed E-state index contributed by atoms with van der Waals surface area (Å²) in [6, 6.07) is 14.6. The number of likely N-dealkylation sites (tertiary alicyclic amines) is 1. The Bertz CT molecular complexity index is 1370. The molecule has 4 rings (SSSR count). The molecule has 9 nitrogen and oxygen atoms in total. The van der Waals surface area contributed by atoms with Gasteiger partial charge >= 0.3 is 11.7 Å². The lowest BCUT2D eigenvalue weighted by atomic mass is 9.98. The van der Waals surface area contributed by atoms with Crippen LogP contribution in [0.4, 0.5) is 0 Å². The molecule has 0 radical (unpaired) electrons. The summed E-state index contributed by atoms with van der Waals surface area (Å²) in [6.45, 7) is 6.32. The number of ether oxygens (including phenoxy) is 1. The van der Waals surface area contributed by atoms with Crippen LogP contribution in [0.25, 0.3) is 5.69 Å². The lowest BCUT2D eigenvalue weighted by Gasteiger charge is -2.31. The van der Waals surface area contributed by atoms with Gasteiger partial charge in [0.25, 0.3) is 11.5 Å². The highest BCUT2D eigenvalue weighted by Gasteiger charge is 2.32. The van der Waals surface area contributed by atoms with Crippen LogP contribution in [0.3, 0.4) is 0 Å². The second kappa shape index (κ2) is 10.7. The molecule has 1 atom stereocenters. The Morgan fingerprint density at radius 1 is 1.06 bits per heavy atom. The van der Waals surface area contributed by atoms with Crippen LogP contribution in [0.1, 0.15) is 46.9 Å². The van der Waals surface area contributed by atoms with Crippen molar-refractivity contribution < 1.29 is 14.3 Å². The minimum Gasteiger partial charge on any atom is -0.466 e. The molecule has 0 saturated carbocycles. The molecule has 1 aliphatic rings. The standard InChI is InChI=1S/C27H30N4O5/c1-4-36-26(34)21-11-8-12-29(17-21)24(32)23-25(33)30(16-20-9-6-5-7-10-20)27(35)31(28-23)22-14-18(2)13-19(3)15-22/h5-7,9-10,13-15,21H,4,8,11-12,16-17H2,1-3H3/t21-/m0/s1. The summed E-state index contributed by atoms with van der Waals surface area (Å²) in [5, 5.41) is 4.27. The lowest BCUT2D eigenvalue weighted by Crippen LogP contribution is -2.49. The van der Waals surface area contributed by atoms with E-state index in [1.165, 1.54) is 4.90 Å². The maximum absolute atomic E-state index is 13.6. The van der Waals surface area contributed by atoms with E-state index in [-0.39, 0.29) is 31.4 Å². The summed E-state index contributed by atoms with van der Waals surface area (Å²) in [4.78, 5) is 54.2. The van der Waals surface area contributed by atoms with Crippen molar-refractivity contribution in [3.05, 3.63) is 91.8 Å². The van der Waals surface area contributed by atoms with Gasteiger partial charge in [0.2, 0.25) is 5.69 Å². The maximum atomic E-state index is 13.6. The molecule has 1 aliphatic heterocycles. The fraction of sp³-hybridized carbons (Fsp3) is 0.370. The normalized spacial score (nSPS) is 15.5. The first-order valence-electron chi connectivity index (χ1n) is 12.1. The van der Waals surface area contributed by atoms with Gasteiger partial charge in [0.15, 0.2) is 0 Å². The van der Waals surface area contributed by atoms with E-state index in [0.29, 0.717) is 25.1 Å². The quantitative estimate of drug-likeness (QED) is 0.492. The SMILES string of the molecule is CCOC(=O)[C@H]1CCCN(C(=O)c2nn(-c3cc(C)cc(C)c3)c(=O)n(Cc3ccccc3)c2=O)C1. The fourth-order valence-electron chi connectivity index (χ4n) is 4.56. The van der Waals surface area contributed by atoms with Crippen molar-refractivity contribution in [2.24, 2.45) is 5.92 Å². The summed E-state index contributed by atoms with van der Waals surface area (Å²) in [6.07, 6.45) is 1.21. The third kappa shape index (κ3) is 5.30. The zero-order chi connectivity index (χ0) is 25.8. The molecule has 0 unspecified atom stereocenters. The first-order chi connectivity index (χ1) is 17.3. The van der Waals surface area contributed by atoms with Gasteiger partial charge in [-0.15, -0.1) is 0 Å². The van der Waals surface area contributed by atoms with Crippen LogP contribution in [0, 0.1) is 19.8 Å². The van der Waals surface area contributed by atoms with E-state index in [0.717, 1.165) is 25.9 Å². The highest BCUT2D eigenvalue weighted by atomic mass is 16.5. The van der Waals surface area contributed by atoms with Gasteiger partial charge < -0.3 is 9.64 Å². The molecule has 0 N–H and O–H groups in total. The molecule has 2 heterocycles. The van der Waals surface area contributed by atoms with Gasteiger partial charge in [0.05, 0.1) is 24.8 Å². The van der Waals surface area contributed by atoms with Crippen molar-refractivity contribution in [3.8, 4) is 5.69 Å². The van der Waals surface area contributed by atoms with Crippen LogP contribution in [0.15, 0.2) is 58.1 Å². The van der Waals surface area contributed by atoms with Crippen LogP contribution in [0.5, 0.6) is 0 Å². The summed E-state index contributed by atoms with van der Waals surface area (Å²) < 4.78 is 7.29. The van der Waals surface area contributed by atoms with Crippen LogP contribution in [0.2, 0.25) is 0 Å². The van der Waals surface area contributed by atoms with Crippen molar-refractivity contribution in [2.75, 3.05) is 19.7 Å². The first kappa shape index (κ1) is 25.1. The third-order valence-corrected chi connectivity index (χ3v) is 6.23. The molecule has 2 aromatic carbocycles. The molecule has 0 spiro atoms. The smallest absolute Gasteiger partial charge is 0.352 e. The summed E-state index contributed by atoms with van der Waals surface area (Å²) in [5.41, 5.74) is 1.31. The van der Waals surface area contributed by atoms with Gasteiger partial charge in [-0.3, -0.25) is 19.0 Å². The summed E-state index contributed by atoms with van der Waals surface area (Å²) in [7, 11) is 0. The number of benzene rings is 2. The van der Waals surface area contributed by atoms with E-state index in [1.807, 2.05) is 50.2 Å². The molecule has 3 aromatic rings. The molecule has 1 aromatic heterocycles. The Hall–Kier alpha value is -4.01. The first-order valence-corrected chi connectivity index (χ1v) is 12.1. The van der Waals surface area contributed by atoms with Gasteiger partial charge in [-0.25, -0.2) is 4.79 Å². The molecule has 1 fully saturated rings.